The molecular weight excluding hydrogens is 647 g/mol. The van der Waals surface area contributed by atoms with Crippen molar-refractivity contribution in [1.29, 1.82) is 0 Å². The molecule has 12 rings (SSSR count). The van der Waals surface area contributed by atoms with Crippen molar-refractivity contribution in [2.45, 2.75) is 12.0 Å². The van der Waals surface area contributed by atoms with Crippen molar-refractivity contribution < 1.29 is 9.47 Å². The lowest BCUT2D eigenvalue weighted by atomic mass is 9.35. The summed E-state index contributed by atoms with van der Waals surface area (Å²) in [5, 5.41) is 2.42. The first kappa shape index (κ1) is 28.9. The van der Waals surface area contributed by atoms with E-state index in [9.17, 15) is 0 Å². The van der Waals surface area contributed by atoms with Crippen LogP contribution in [0.3, 0.4) is 0 Å². The highest BCUT2D eigenvalue weighted by atomic mass is 16.5. The number of aromatic nitrogens is 1. The minimum Gasteiger partial charge on any atom is -0.458 e. The molecule has 1 aromatic heterocycles. The second kappa shape index (κ2) is 10.9. The molecule has 0 radical (unpaired) electrons. The molecule has 3 aliphatic heterocycles. The third-order valence-electron chi connectivity index (χ3n) is 11.6. The van der Waals surface area contributed by atoms with Gasteiger partial charge in [0.15, 0.2) is 0 Å². The largest absolute Gasteiger partial charge is 0.458 e. The molecule has 248 valence electrons. The second-order valence-corrected chi connectivity index (χ2v) is 14.4. The monoisotopic (exact) mass is 678 g/mol. The molecule has 2 unspecified atom stereocenters. The van der Waals surface area contributed by atoms with E-state index in [0.29, 0.717) is 5.92 Å². The van der Waals surface area contributed by atoms with Crippen LogP contribution in [0.5, 0.6) is 23.0 Å². The van der Waals surface area contributed by atoms with E-state index in [-0.39, 0.29) is 12.8 Å². The van der Waals surface area contributed by atoms with Crippen LogP contribution in [0, 0.1) is 0 Å². The Kier molecular flexibility index (Phi) is 5.95. The van der Waals surface area contributed by atoms with Gasteiger partial charge in [-0.05, 0) is 76.1 Å². The summed E-state index contributed by atoms with van der Waals surface area (Å²) in [6.45, 7) is 0.0470. The lowest BCUT2D eigenvalue weighted by molar-refractivity contribution is 0.464. The molecule has 5 heteroatoms. The van der Waals surface area contributed by atoms with E-state index in [2.05, 4.69) is 173 Å². The number of hydrogen-bond donors (Lipinski definition) is 0. The Balaban J connectivity index is 1.02. The van der Waals surface area contributed by atoms with Crippen molar-refractivity contribution in [3.05, 3.63) is 182 Å². The Hall–Kier alpha value is -6.72. The van der Waals surface area contributed by atoms with E-state index in [4.69, 9.17) is 9.47 Å². The molecule has 8 aromatic rings. The SMILES string of the molecule is C1=CC2c3ccc(-c4ccc5c(c4)c4ccccc4n5-c4cc5c6c(c4)Oc4ccccc4B6c4ccccc4O5)cc3N(c3ccccc3)C2C=C1. The van der Waals surface area contributed by atoms with Gasteiger partial charge in [-0.2, -0.15) is 0 Å². The van der Waals surface area contributed by atoms with Gasteiger partial charge in [-0.15, -0.1) is 0 Å². The summed E-state index contributed by atoms with van der Waals surface area (Å²) in [5.41, 5.74) is 13.0. The molecule has 0 saturated carbocycles. The average Bonchev–Trinajstić information content (AvgIpc) is 3.73. The molecule has 4 aliphatic rings. The van der Waals surface area contributed by atoms with Gasteiger partial charge in [-0.25, -0.2) is 0 Å². The molecule has 4 nitrogen and oxygen atoms in total. The highest BCUT2D eigenvalue weighted by Gasteiger charge is 2.41. The molecule has 0 bridgehead atoms. The first-order valence-corrected chi connectivity index (χ1v) is 18.4. The maximum atomic E-state index is 6.69. The number of rotatable bonds is 3. The lowest BCUT2D eigenvalue weighted by Gasteiger charge is -2.33. The van der Waals surface area contributed by atoms with E-state index >= 15 is 0 Å². The van der Waals surface area contributed by atoms with E-state index < -0.39 is 0 Å². The van der Waals surface area contributed by atoms with Crippen LogP contribution in [-0.2, 0) is 0 Å². The van der Waals surface area contributed by atoms with Crippen LogP contribution in [0.4, 0.5) is 11.4 Å². The fraction of sp³-hybridized carbons (Fsp3) is 0.0417. The smallest absolute Gasteiger partial charge is 0.260 e. The van der Waals surface area contributed by atoms with Crippen LogP contribution < -0.4 is 30.8 Å². The molecule has 7 aromatic carbocycles. The molecule has 2 atom stereocenters. The summed E-state index contributed by atoms with van der Waals surface area (Å²) in [7, 11) is 0. The van der Waals surface area contributed by atoms with E-state index in [1.54, 1.807) is 0 Å². The van der Waals surface area contributed by atoms with Gasteiger partial charge < -0.3 is 18.9 Å². The average molecular weight is 679 g/mol. The molecule has 4 heterocycles. The van der Waals surface area contributed by atoms with E-state index in [0.717, 1.165) is 45.2 Å². The van der Waals surface area contributed by atoms with Crippen LogP contribution in [0.1, 0.15) is 11.5 Å². The Labute approximate surface area is 307 Å². The molecular formula is C48H31BN2O2. The number of ether oxygens (including phenoxy) is 2. The second-order valence-electron chi connectivity index (χ2n) is 14.4. The van der Waals surface area contributed by atoms with Gasteiger partial charge in [-0.1, -0.05) is 115 Å². The van der Waals surface area contributed by atoms with Crippen LogP contribution in [0.25, 0.3) is 38.6 Å². The number of hydrogen-bond acceptors (Lipinski definition) is 3. The fourth-order valence-corrected chi connectivity index (χ4v) is 9.34. The minimum atomic E-state index is 0.0470. The third kappa shape index (κ3) is 4.13. The molecule has 53 heavy (non-hydrogen) atoms. The summed E-state index contributed by atoms with van der Waals surface area (Å²) >= 11 is 0. The molecule has 0 fully saturated rings. The maximum absolute atomic E-state index is 6.69. The van der Waals surface area contributed by atoms with Gasteiger partial charge in [0.05, 0.1) is 22.8 Å². The summed E-state index contributed by atoms with van der Waals surface area (Å²) in [4.78, 5) is 2.50. The Bertz CT molecular complexity index is 2820. The first-order chi connectivity index (χ1) is 26.3. The van der Waals surface area contributed by atoms with Crippen LogP contribution in [0.2, 0.25) is 0 Å². The summed E-state index contributed by atoms with van der Waals surface area (Å²) in [6.07, 6.45) is 9.04. The zero-order valence-corrected chi connectivity index (χ0v) is 28.7. The normalized spacial score (nSPS) is 17.1. The van der Waals surface area contributed by atoms with Crippen molar-refractivity contribution in [3.63, 3.8) is 0 Å². The summed E-state index contributed by atoms with van der Waals surface area (Å²) in [6, 6.07) is 54.8. The number of fused-ring (bicyclic) bond motifs is 10. The topological polar surface area (TPSA) is 26.6 Å². The number of benzene rings is 7. The van der Waals surface area contributed by atoms with Crippen molar-refractivity contribution >= 4 is 56.3 Å². The predicted molar refractivity (Wildman–Crippen MR) is 217 cm³/mol. The quantitative estimate of drug-likeness (QED) is 0.174. The van der Waals surface area contributed by atoms with Gasteiger partial charge in [0, 0.05) is 45.7 Å². The Morgan fingerprint density at radius 3 is 1.92 bits per heavy atom. The third-order valence-corrected chi connectivity index (χ3v) is 11.6. The maximum Gasteiger partial charge on any atom is 0.260 e. The summed E-state index contributed by atoms with van der Waals surface area (Å²) < 4.78 is 15.7. The van der Waals surface area contributed by atoms with Crippen molar-refractivity contribution in [2.75, 3.05) is 4.90 Å². The van der Waals surface area contributed by atoms with Gasteiger partial charge >= 0.3 is 0 Å². The van der Waals surface area contributed by atoms with Crippen molar-refractivity contribution in [1.82, 2.24) is 4.57 Å². The Morgan fingerprint density at radius 1 is 0.491 bits per heavy atom. The highest BCUT2D eigenvalue weighted by Crippen LogP contribution is 2.49. The van der Waals surface area contributed by atoms with Gasteiger partial charge in [0.1, 0.15) is 23.0 Å². The molecule has 0 spiro atoms. The highest BCUT2D eigenvalue weighted by molar-refractivity contribution is 6.98. The lowest BCUT2D eigenvalue weighted by Crippen LogP contribution is -2.57. The fourth-order valence-electron chi connectivity index (χ4n) is 9.34. The molecule has 0 N–H and O–H groups in total. The molecule has 0 saturated heterocycles. The number of para-hydroxylation sites is 4. The zero-order valence-electron chi connectivity index (χ0n) is 28.7. The van der Waals surface area contributed by atoms with E-state index in [1.165, 1.54) is 49.8 Å². The minimum absolute atomic E-state index is 0.0470. The summed E-state index contributed by atoms with van der Waals surface area (Å²) in [5.74, 6) is 3.79. The van der Waals surface area contributed by atoms with Gasteiger partial charge in [-0.3, -0.25) is 0 Å². The van der Waals surface area contributed by atoms with Gasteiger partial charge in [0.25, 0.3) is 6.71 Å². The molecule has 0 amide bonds. The van der Waals surface area contributed by atoms with Crippen LogP contribution >= 0.6 is 0 Å². The molecule has 1 aliphatic carbocycles. The van der Waals surface area contributed by atoms with Gasteiger partial charge in [0.2, 0.25) is 0 Å². The number of nitrogens with zero attached hydrogens (tertiary/aromatic N) is 2. The standard InChI is InChI=1S/C48H31BN2O2/c1-2-12-32(13-3-1)50-40-18-8-4-14-34(40)36-24-22-31(27-43(36)50)30-23-25-42-37(26-30)35-15-5-9-19-41(35)51(42)33-28-46-48-47(29-33)53-45-21-11-7-17-39(45)49(48)38-16-6-10-20-44(38)52-46/h1-29,34,40H. The van der Waals surface area contributed by atoms with Crippen molar-refractivity contribution in [2.24, 2.45) is 0 Å². The van der Waals surface area contributed by atoms with Crippen LogP contribution in [0.15, 0.2) is 176 Å². The van der Waals surface area contributed by atoms with E-state index in [1.807, 2.05) is 12.1 Å². The Morgan fingerprint density at radius 2 is 1.13 bits per heavy atom. The predicted octanol–water partition coefficient (Wildman–Crippen LogP) is 9.91. The van der Waals surface area contributed by atoms with Crippen LogP contribution in [-0.4, -0.2) is 17.3 Å². The first-order valence-electron chi connectivity index (χ1n) is 18.4. The van der Waals surface area contributed by atoms with Crippen molar-refractivity contribution in [3.8, 4) is 39.8 Å². The zero-order chi connectivity index (χ0) is 34.6. The number of allylic oxidation sites excluding steroid dienone is 2. The number of anilines is 2.